The Balaban J connectivity index is 0.000000168. The Bertz CT molecular complexity index is 2790. The zero-order chi connectivity index (χ0) is 40.9. The van der Waals surface area contributed by atoms with Crippen molar-refractivity contribution in [3.8, 4) is 11.8 Å². The summed E-state index contributed by atoms with van der Waals surface area (Å²) in [5.74, 6) is 4.77. The number of furan rings is 2. The minimum atomic E-state index is -0.700. The maximum atomic E-state index is 7.19. The predicted molar refractivity (Wildman–Crippen MR) is 260 cm³/mol. The number of hydrogen-bond donors (Lipinski definition) is 0. The maximum Gasteiger partial charge on any atom is 1.00 e. The number of rotatable bonds is 9. The predicted octanol–water partition coefficient (Wildman–Crippen LogP) is 13.1. The van der Waals surface area contributed by atoms with Crippen LogP contribution in [0.3, 0.4) is 0 Å². The summed E-state index contributed by atoms with van der Waals surface area (Å²) in [4.78, 5) is 0. The van der Waals surface area contributed by atoms with Crippen molar-refractivity contribution in [1.82, 2.24) is 0 Å². The molecule has 10 rings (SSSR count). The van der Waals surface area contributed by atoms with E-state index in [0.29, 0.717) is 11.1 Å². The first-order chi connectivity index (χ1) is 29.7. The Morgan fingerprint density at radius 1 is 0.468 bits per heavy atom. The molecule has 312 valence electrons. The molecule has 0 N–H and O–H groups in total. The van der Waals surface area contributed by atoms with Crippen molar-refractivity contribution in [1.29, 1.82) is 0 Å². The van der Waals surface area contributed by atoms with E-state index in [4.69, 9.17) is 21.7 Å². The first kappa shape index (κ1) is 46.6. The summed E-state index contributed by atoms with van der Waals surface area (Å²) >= 11 is 0. The Kier molecular flexibility index (Phi) is 17.7. The summed E-state index contributed by atoms with van der Waals surface area (Å²) in [6, 6.07) is 61.0. The molecule has 0 fully saturated rings. The number of unbranched alkanes of at least 4 members (excludes halogenated alkanes) is 1. The molecule has 62 heavy (non-hydrogen) atoms. The summed E-state index contributed by atoms with van der Waals surface area (Å²) < 4.78 is 11.4. The fraction of sp³-hybridized carbons (Fsp3) is 0.107. The third-order valence-corrected chi connectivity index (χ3v) is 17.2. The Hall–Kier alpha value is -4.92. The van der Waals surface area contributed by atoms with E-state index in [-0.39, 0.29) is 44.8 Å². The molecule has 1 aliphatic rings. The molecule has 2 unspecified atom stereocenters. The molecular weight excluding hydrogens is 1160 g/mol. The van der Waals surface area contributed by atoms with Crippen molar-refractivity contribution < 1.29 is 53.6 Å². The van der Waals surface area contributed by atoms with Gasteiger partial charge in [0.05, 0.1) is 53.0 Å². The second-order valence-electron chi connectivity index (χ2n) is 14.8. The van der Waals surface area contributed by atoms with Gasteiger partial charge >= 0.3 is 44.8 Å². The van der Waals surface area contributed by atoms with Crippen LogP contribution in [-0.2, 0) is 44.8 Å². The molecule has 7 aromatic carbocycles. The molecule has 0 spiro atoms. The van der Waals surface area contributed by atoms with E-state index in [1.54, 1.807) is 15.9 Å². The summed E-state index contributed by atoms with van der Waals surface area (Å²) in [7, 11) is -1.28. The smallest absolute Gasteiger partial charge is 0.474 e. The quantitative estimate of drug-likeness (QED) is 0.0473. The number of fused-ring (bicyclic) bond motifs is 6. The maximum absolute atomic E-state index is 7.19. The van der Waals surface area contributed by atoms with Crippen molar-refractivity contribution in [2.45, 2.75) is 24.9 Å². The summed E-state index contributed by atoms with van der Waals surface area (Å²) in [5.41, 5.74) is 5.33. The summed E-state index contributed by atoms with van der Waals surface area (Å²) in [5, 5.41) is 8.95. The van der Waals surface area contributed by atoms with Gasteiger partial charge in [-0.05, 0) is 67.4 Å². The number of hydrogen-bond acceptors (Lipinski definition) is 2. The molecule has 2 atom stereocenters. The fourth-order valence-electron chi connectivity index (χ4n) is 8.08. The molecule has 0 radical (unpaired) electrons. The average molecular weight is 1210 g/mol. The molecule has 0 aliphatic heterocycles. The molecule has 6 heteroatoms. The zero-order valence-corrected chi connectivity index (χ0v) is 40.4. The average Bonchev–Trinajstić information content (AvgIpc) is 3.91. The van der Waals surface area contributed by atoms with Crippen molar-refractivity contribution in [3.05, 3.63) is 224 Å². The molecule has 2 nitrogen and oxygen atoms in total. The van der Waals surface area contributed by atoms with E-state index < -0.39 is 15.8 Å². The minimum absolute atomic E-state index is 0. The molecule has 0 bridgehead atoms. The Morgan fingerprint density at radius 2 is 0.903 bits per heavy atom. The Morgan fingerprint density at radius 3 is 1.37 bits per heavy atom. The summed E-state index contributed by atoms with van der Waals surface area (Å²) in [6.07, 6.45) is 30.2. The van der Waals surface area contributed by atoms with Gasteiger partial charge < -0.3 is 21.7 Å². The molecule has 0 saturated carbocycles. The molecule has 9 aromatic rings. The van der Waals surface area contributed by atoms with E-state index in [2.05, 4.69) is 127 Å². The molecule has 2 heterocycles. The Labute approximate surface area is 399 Å². The monoisotopic (exact) mass is 1210 g/mol. The fourth-order valence-corrected chi connectivity index (χ4v) is 13.9. The van der Waals surface area contributed by atoms with Crippen LogP contribution in [0.5, 0.6) is 0 Å². The SMILES string of the molecule is C1=CCC([PH+](CCCC[PH+](c2ccccc2)c2ccccc2)c2ccccc2)C=C1.[Au+].[Au+].[C-]#Cc1cccc2c1oc1ccccc12.[C-]#Cc1cccc2c1oc1ccccc12. The van der Waals surface area contributed by atoms with Gasteiger partial charge in [-0.1, -0.05) is 145 Å². The van der Waals surface area contributed by atoms with E-state index in [1.807, 2.05) is 84.9 Å². The molecule has 0 amide bonds. The van der Waals surface area contributed by atoms with Crippen LogP contribution < -0.4 is 15.9 Å². The van der Waals surface area contributed by atoms with Gasteiger partial charge in [0.15, 0.2) is 0 Å². The largest absolute Gasteiger partial charge is 1.00 e. The van der Waals surface area contributed by atoms with Crippen LogP contribution in [0.2, 0.25) is 0 Å². The topological polar surface area (TPSA) is 26.3 Å². The summed E-state index contributed by atoms with van der Waals surface area (Å²) in [6.45, 7) is 0. The van der Waals surface area contributed by atoms with Gasteiger partial charge in [-0.15, -0.1) is 12.1 Å². The van der Waals surface area contributed by atoms with Gasteiger partial charge in [-0.25, -0.2) is 0 Å². The van der Waals surface area contributed by atoms with Crippen LogP contribution in [0, 0.1) is 24.7 Å². The number of para-hydroxylation sites is 4. The standard InChI is InChI=1S/C28H30P2.2C14H7O.2Au/c1-5-15-25(16-6-1)29(26-17-7-2-8-18-26)23-13-14-24-30(27-19-9-3-10-20-27)28-21-11-4-12-22-28;2*1-2-10-6-5-8-12-11-7-3-4-9-13(11)15-14(10)12;;/h1-12,15-21,28H,13-14,22-24H2;2*3-9H;;/q;2*-1;2*+1/p+2. The molecule has 0 saturated heterocycles. The van der Waals surface area contributed by atoms with Crippen molar-refractivity contribution >= 4 is 75.6 Å². The van der Waals surface area contributed by atoms with Gasteiger partial charge in [-0.3, -0.25) is 11.8 Å². The minimum Gasteiger partial charge on any atom is -0.474 e. The van der Waals surface area contributed by atoms with Crippen LogP contribution in [-0.4, -0.2) is 18.0 Å². The van der Waals surface area contributed by atoms with E-state index in [0.717, 1.165) is 49.5 Å². The van der Waals surface area contributed by atoms with E-state index >= 15 is 0 Å². The van der Waals surface area contributed by atoms with E-state index in [9.17, 15) is 0 Å². The normalized spacial score (nSPS) is 13.2. The van der Waals surface area contributed by atoms with Crippen LogP contribution >= 0.6 is 15.8 Å². The van der Waals surface area contributed by atoms with Gasteiger partial charge in [0.25, 0.3) is 0 Å². The van der Waals surface area contributed by atoms with Crippen molar-refractivity contribution in [2.24, 2.45) is 0 Å². The second-order valence-corrected chi connectivity index (χ2v) is 20.3. The van der Waals surface area contributed by atoms with Crippen molar-refractivity contribution in [2.75, 3.05) is 12.3 Å². The van der Waals surface area contributed by atoms with Crippen molar-refractivity contribution in [3.63, 3.8) is 0 Å². The molecular formula is C56H46Au2O2P2+2. The van der Waals surface area contributed by atoms with Gasteiger partial charge in [0, 0.05) is 35.9 Å². The third-order valence-electron chi connectivity index (χ3n) is 11.0. The van der Waals surface area contributed by atoms with Crippen LogP contribution in [0.15, 0.2) is 209 Å². The second kappa shape index (κ2) is 23.5. The van der Waals surface area contributed by atoms with Gasteiger partial charge in [-0.2, -0.15) is 0 Å². The number of allylic oxidation sites excluding steroid dienone is 4. The number of benzene rings is 7. The van der Waals surface area contributed by atoms with Gasteiger partial charge in [0.1, 0.15) is 11.2 Å². The first-order valence-corrected chi connectivity index (χ1v) is 24.1. The van der Waals surface area contributed by atoms with Crippen LogP contribution in [0.4, 0.5) is 0 Å². The zero-order valence-electron chi connectivity index (χ0n) is 34.1. The van der Waals surface area contributed by atoms with Gasteiger partial charge in [0.2, 0.25) is 0 Å². The van der Waals surface area contributed by atoms with Crippen LogP contribution in [0.1, 0.15) is 30.4 Å². The molecule has 1 aliphatic carbocycles. The van der Waals surface area contributed by atoms with Crippen LogP contribution in [0.25, 0.3) is 43.9 Å². The molecule has 2 aromatic heterocycles. The third kappa shape index (κ3) is 11.2. The van der Waals surface area contributed by atoms with E-state index in [1.165, 1.54) is 31.6 Å². The first-order valence-electron chi connectivity index (χ1n) is 20.6.